The van der Waals surface area contributed by atoms with Crippen LogP contribution in [0.2, 0.25) is 0 Å². The molecule has 1 amide bonds. The average molecular weight is 269 g/mol. The monoisotopic (exact) mass is 269 g/mol. The summed E-state index contributed by atoms with van der Waals surface area (Å²) in [5.74, 6) is 0.142. The molecule has 1 unspecified atom stereocenters. The Morgan fingerprint density at radius 1 is 1.05 bits per heavy atom. The highest BCUT2D eigenvalue weighted by Crippen LogP contribution is 2.41. The van der Waals surface area contributed by atoms with Crippen molar-refractivity contribution in [3.8, 4) is 0 Å². The number of rotatable bonds is 3. The van der Waals surface area contributed by atoms with E-state index in [0.29, 0.717) is 0 Å². The molecule has 96 valence electrons. The van der Waals surface area contributed by atoms with Gasteiger partial charge in [-0.2, -0.15) is 0 Å². The third-order valence-corrected chi connectivity index (χ3v) is 4.24. The maximum atomic E-state index is 12.5. The molecule has 1 heterocycles. The summed E-state index contributed by atoms with van der Waals surface area (Å²) >= 11 is 1.48. The fourth-order valence-electron chi connectivity index (χ4n) is 2.60. The number of hydrogen-bond donors (Lipinski definition) is 0. The first-order valence-corrected chi connectivity index (χ1v) is 7.50. The van der Waals surface area contributed by atoms with Crippen LogP contribution in [0.25, 0.3) is 0 Å². The number of fused-ring (bicyclic) bond motifs is 1. The standard InChI is InChI=1S/C16H15NOS/c1-19-17-15-10-6-5-9-13(15)14(16(17)18)11-12-7-3-2-4-8-12/h2-10,14H,11H2,1H3. The van der Waals surface area contributed by atoms with Crippen molar-refractivity contribution in [3.63, 3.8) is 0 Å². The van der Waals surface area contributed by atoms with E-state index < -0.39 is 0 Å². The van der Waals surface area contributed by atoms with Crippen molar-refractivity contribution in [2.75, 3.05) is 10.6 Å². The number of amides is 1. The first-order valence-electron chi connectivity index (χ1n) is 6.32. The van der Waals surface area contributed by atoms with Crippen molar-refractivity contribution in [2.45, 2.75) is 12.3 Å². The second-order valence-corrected chi connectivity index (χ2v) is 5.35. The number of hydrogen-bond acceptors (Lipinski definition) is 2. The number of carbonyl (C=O) groups excluding carboxylic acids is 1. The number of benzene rings is 2. The molecule has 1 aliphatic rings. The fraction of sp³-hybridized carbons (Fsp3) is 0.188. The van der Waals surface area contributed by atoms with Crippen LogP contribution in [-0.4, -0.2) is 12.2 Å². The third kappa shape index (κ3) is 2.15. The Hall–Kier alpha value is -1.74. The van der Waals surface area contributed by atoms with Crippen molar-refractivity contribution < 1.29 is 4.79 Å². The molecule has 0 saturated carbocycles. The van der Waals surface area contributed by atoms with Crippen LogP contribution in [0.15, 0.2) is 54.6 Å². The Morgan fingerprint density at radius 2 is 1.74 bits per heavy atom. The van der Waals surface area contributed by atoms with E-state index in [0.717, 1.165) is 17.7 Å². The molecule has 2 aromatic rings. The van der Waals surface area contributed by atoms with Crippen molar-refractivity contribution in [1.82, 2.24) is 0 Å². The summed E-state index contributed by atoms with van der Waals surface area (Å²) in [6.07, 6.45) is 2.72. The number of carbonyl (C=O) groups is 1. The van der Waals surface area contributed by atoms with Gasteiger partial charge in [-0.3, -0.25) is 9.10 Å². The van der Waals surface area contributed by atoms with E-state index in [1.807, 2.05) is 47.0 Å². The van der Waals surface area contributed by atoms with Crippen molar-refractivity contribution in [2.24, 2.45) is 0 Å². The number of para-hydroxylation sites is 1. The first kappa shape index (κ1) is 12.3. The van der Waals surface area contributed by atoms with Gasteiger partial charge in [-0.1, -0.05) is 48.5 Å². The summed E-state index contributed by atoms with van der Waals surface area (Å²) < 4.78 is 1.81. The van der Waals surface area contributed by atoms with E-state index in [-0.39, 0.29) is 11.8 Å². The highest BCUT2D eigenvalue weighted by molar-refractivity contribution is 8.00. The number of nitrogens with zero attached hydrogens (tertiary/aromatic N) is 1. The van der Waals surface area contributed by atoms with Gasteiger partial charge in [0.2, 0.25) is 5.91 Å². The van der Waals surface area contributed by atoms with Gasteiger partial charge < -0.3 is 0 Å². The topological polar surface area (TPSA) is 20.3 Å². The Balaban J connectivity index is 1.96. The molecule has 3 heteroatoms. The van der Waals surface area contributed by atoms with Gasteiger partial charge in [-0.05, 0) is 35.6 Å². The van der Waals surface area contributed by atoms with E-state index in [9.17, 15) is 4.79 Å². The fourth-order valence-corrected chi connectivity index (χ4v) is 3.27. The minimum absolute atomic E-state index is 0.0500. The zero-order chi connectivity index (χ0) is 13.2. The van der Waals surface area contributed by atoms with Gasteiger partial charge in [0.25, 0.3) is 0 Å². The smallest absolute Gasteiger partial charge is 0.245 e. The van der Waals surface area contributed by atoms with Gasteiger partial charge >= 0.3 is 0 Å². The largest absolute Gasteiger partial charge is 0.273 e. The minimum Gasteiger partial charge on any atom is -0.273 e. The molecule has 0 N–H and O–H groups in total. The molecule has 19 heavy (non-hydrogen) atoms. The summed E-state index contributed by atoms with van der Waals surface area (Å²) in [4.78, 5) is 12.5. The lowest BCUT2D eigenvalue weighted by molar-refractivity contribution is -0.118. The van der Waals surface area contributed by atoms with Gasteiger partial charge in [0.15, 0.2) is 0 Å². The lowest BCUT2D eigenvalue weighted by atomic mass is 9.93. The van der Waals surface area contributed by atoms with Crippen LogP contribution in [0, 0.1) is 0 Å². The molecule has 2 nitrogen and oxygen atoms in total. The van der Waals surface area contributed by atoms with Gasteiger partial charge in [0.1, 0.15) is 0 Å². The SMILES string of the molecule is CSN1C(=O)C(Cc2ccccc2)c2ccccc21. The molecule has 0 aromatic heterocycles. The van der Waals surface area contributed by atoms with E-state index in [4.69, 9.17) is 0 Å². The Kier molecular flexibility index (Phi) is 3.30. The normalized spacial score (nSPS) is 17.6. The van der Waals surface area contributed by atoms with E-state index in [1.54, 1.807) is 0 Å². The second kappa shape index (κ2) is 5.10. The van der Waals surface area contributed by atoms with Crippen molar-refractivity contribution >= 4 is 23.5 Å². The summed E-state index contributed by atoms with van der Waals surface area (Å²) in [6.45, 7) is 0. The predicted molar refractivity (Wildman–Crippen MR) is 80.3 cm³/mol. The zero-order valence-electron chi connectivity index (χ0n) is 10.7. The molecular weight excluding hydrogens is 254 g/mol. The molecule has 0 fully saturated rings. The van der Waals surface area contributed by atoms with E-state index in [2.05, 4.69) is 18.2 Å². The molecule has 0 saturated heterocycles. The lowest BCUT2D eigenvalue weighted by Gasteiger charge is -2.13. The molecule has 0 spiro atoms. The van der Waals surface area contributed by atoms with Crippen molar-refractivity contribution in [3.05, 3.63) is 65.7 Å². The summed E-state index contributed by atoms with van der Waals surface area (Å²) in [7, 11) is 0. The van der Waals surface area contributed by atoms with Crippen LogP contribution in [-0.2, 0) is 11.2 Å². The number of anilines is 1. The molecule has 2 aromatic carbocycles. The Morgan fingerprint density at radius 3 is 2.47 bits per heavy atom. The molecular formula is C16H15NOS. The maximum Gasteiger partial charge on any atom is 0.245 e. The van der Waals surface area contributed by atoms with Gasteiger partial charge in [-0.25, -0.2) is 0 Å². The maximum absolute atomic E-state index is 12.5. The average Bonchev–Trinajstić information content (AvgIpc) is 2.73. The summed E-state index contributed by atoms with van der Waals surface area (Å²) in [5, 5.41) is 0. The van der Waals surface area contributed by atoms with Gasteiger partial charge in [0, 0.05) is 6.26 Å². The highest BCUT2D eigenvalue weighted by Gasteiger charge is 2.36. The van der Waals surface area contributed by atoms with Crippen LogP contribution in [0.5, 0.6) is 0 Å². The summed E-state index contributed by atoms with van der Waals surface area (Å²) in [5.41, 5.74) is 3.39. The Labute approximate surface area is 117 Å². The predicted octanol–water partition coefficient (Wildman–Crippen LogP) is 3.64. The highest BCUT2D eigenvalue weighted by atomic mass is 32.2. The quantitative estimate of drug-likeness (QED) is 0.793. The van der Waals surface area contributed by atoms with Crippen LogP contribution in [0.4, 0.5) is 5.69 Å². The first-order chi connectivity index (χ1) is 9.31. The summed E-state index contributed by atoms with van der Waals surface area (Å²) in [6, 6.07) is 18.3. The molecule has 0 radical (unpaired) electrons. The molecule has 0 bridgehead atoms. The van der Waals surface area contributed by atoms with Gasteiger partial charge in [0.05, 0.1) is 11.6 Å². The van der Waals surface area contributed by atoms with Crippen molar-refractivity contribution in [1.29, 1.82) is 0 Å². The third-order valence-electron chi connectivity index (χ3n) is 3.49. The molecule has 0 aliphatic carbocycles. The van der Waals surface area contributed by atoms with Crippen LogP contribution in [0.3, 0.4) is 0 Å². The molecule has 1 atom stereocenters. The molecule has 1 aliphatic heterocycles. The van der Waals surface area contributed by atoms with Crippen LogP contribution < -0.4 is 4.31 Å². The Bertz CT molecular complexity index is 597. The molecule has 3 rings (SSSR count). The zero-order valence-corrected chi connectivity index (χ0v) is 11.6. The lowest BCUT2D eigenvalue weighted by Crippen LogP contribution is -2.22. The minimum atomic E-state index is -0.0500. The van der Waals surface area contributed by atoms with Gasteiger partial charge in [-0.15, -0.1) is 0 Å². The van der Waals surface area contributed by atoms with Crippen LogP contribution >= 0.6 is 11.9 Å². The van der Waals surface area contributed by atoms with E-state index in [1.165, 1.54) is 17.5 Å². The second-order valence-electron chi connectivity index (χ2n) is 4.62. The van der Waals surface area contributed by atoms with E-state index >= 15 is 0 Å². The van der Waals surface area contributed by atoms with Crippen LogP contribution in [0.1, 0.15) is 17.0 Å².